The summed E-state index contributed by atoms with van der Waals surface area (Å²) in [6.07, 6.45) is 2.45. The molecular formula is C16H21Cl2N3O2. The zero-order valence-corrected chi connectivity index (χ0v) is 14.4. The van der Waals surface area contributed by atoms with Crippen molar-refractivity contribution in [3.8, 4) is 0 Å². The summed E-state index contributed by atoms with van der Waals surface area (Å²) in [4.78, 5) is 28.7. The van der Waals surface area contributed by atoms with Gasteiger partial charge in [-0.1, -0.05) is 17.7 Å². The molecule has 2 heterocycles. The van der Waals surface area contributed by atoms with Crippen LogP contribution >= 0.6 is 24.0 Å². The number of hydrogen-bond donors (Lipinski definition) is 1. The molecule has 0 aromatic heterocycles. The van der Waals surface area contributed by atoms with Gasteiger partial charge in [0.2, 0.25) is 11.8 Å². The first-order chi connectivity index (χ1) is 10.6. The number of halogens is 2. The van der Waals surface area contributed by atoms with Gasteiger partial charge in [-0.2, -0.15) is 0 Å². The van der Waals surface area contributed by atoms with Crippen LogP contribution in [-0.4, -0.2) is 42.4 Å². The zero-order chi connectivity index (χ0) is 15.7. The number of likely N-dealkylation sites (tertiary alicyclic amines) is 1. The highest BCUT2D eigenvalue weighted by Crippen LogP contribution is 2.30. The SMILES string of the molecule is Cl.NCC1CCCN1C(=O)C1CCN(c2cccc(Cl)c2)C1=O. The number of benzene rings is 1. The lowest BCUT2D eigenvalue weighted by molar-refractivity contribution is -0.140. The number of carbonyl (C=O) groups is 2. The molecule has 2 aliphatic heterocycles. The minimum Gasteiger partial charge on any atom is -0.338 e. The quantitative estimate of drug-likeness (QED) is 0.842. The molecular weight excluding hydrogens is 337 g/mol. The Morgan fingerprint density at radius 3 is 2.78 bits per heavy atom. The minimum absolute atomic E-state index is 0. The number of anilines is 1. The van der Waals surface area contributed by atoms with Crippen molar-refractivity contribution < 1.29 is 9.59 Å². The van der Waals surface area contributed by atoms with Crippen molar-refractivity contribution in [3.63, 3.8) is 0 Å². The Balaban J connectivity index is 0.00000192. The molecule has 0 saturated carbocycles. The van der Waals surface area contributed by atoms with Gasteiger partial charge in [0.25, 0.3) is 0 Å². The van der Waals surface area contributed by atoms with Crippen LogP contribution in [-0.2, 0) is 9.59 Å². The lowest BCUT2D eigenvalue weighted by Gasteiger charge is -2.26. The average molecular weight is 358 g/mol. The largest absolute Gasteiger partial charge is 0.338 e. The highest BCUT2D eigenvalue weighted by atomic mass is 35.5. The standard InChI is InChI=1S/C16H20ClN3O2.ClH/c17-11-3-1-4-12(9-11)20-8-6-14(16(20)22)15(21)19-7-2-5-13(19)10-18;/h1,3-4,9,13-14H,2,5-8,10,18H2;1H. The molecule has 0 aliphatic carbocycles. The van der Waals surface area contributed by atoms with Gasteiger partial charge < -0.3 is 15.5 Å². The molecule has 7 heteroatoms. The lowest BCUT2D eigenvalue weighted by Crippen LogP contribution is -2.45. The van der Waals surface area contributed by atoms with E-state index in [2.05, 4.69) is 0 Å². The molecule has 2 fully saturated rings. The molecule has 3 rings (SSSR count). The molecule has 0 spiro atoms. The van der Waals surface area contributed by atoms with Crippen molar-refractivity contribution in [1.29, 1.82) is 0 Å². The Kier molecular flexibility index (Phi) is 5.89. The second kappa shape index (κ2) is 7.51. The van der Waals surface area contributed by atoms with Crippen LogP contribution in [0.2, 0.25) is 5.02 Å². The van der Waals surface area contributed by atoms with Crippen molar-refractivity contribution in [3.05, 3.63) is 29.3 Å². The van der Waals surface area contributed by atoms with Gasteiger partial charge >= 0.3 is 0 Å². The molecule has 23 heavy (non-hydrogen) atoms. The summed E-state index contributed by atoms with van der Waals surface area (Å²) in [5, 5.41) is 0.586. The zero-order valence-electron chi connectivity index (χ0n) is 12.8. The maximum atomic E-state index is 12.7. The predicted molar refractivity (Wildman–Crippen MR) is 92.9 cm³/mol. The van der Waals surface area contributed by atoms with E-state index in [1.165, 1.54) is 0 Å². The number of carbonyl (C=O) groups excluding carboxylic acids is 2. The second-order valence-corrected chi connectivity index (χ2v) is 6.31. The van der Waals surface area contributed by atoms with E-state index in [1.54, 1.807) is 21.9 Å². The second-order valence-electron chi connectivity index (χ2n) is 5.87. The van der Waals surface area contributed by atoms with E-state index in [9.17, 15) is 9.59 Å². The summed E-state index contributed by atoms with van der Waals surface area (Å²) in [7, 11) is 0. The van der Waals surface area contributed by atoms with Crippen molar-refractivity contribution in [1.82, 2.24) is 4.90 Å². The van der Waals surface area contributed by atoms with Crippen molar-refractivity contribution in [2.45, 2.75) is 25.3 Å². The van der Waals surface area contributed by atoms with E-state index in [1.807, 2.05) is 12.1 Å². The van der Waals surface area contributed by atoms with Gasteiger partial charge in [0.05, 0.1) is 0 Å². The molecule has 0 radical (unpaired) electrons. The van der Waals surface area contributed by atoms with E-state index in [-0.39, 0.29) is 30.3 Å². The monoisotopic (exact) mass is 357 g/mol. The summed E-state index contributed by atoms with van der Waals surface area (Å²) in [5.74, 6) is -0.774. The Morgan fingerprint density at radius 1 is 1.30 bits per heavy atom. The van der Waals surface area contributed by atoms with Crippen LogP contribution in [0.3, 0.4) is 0 Å². The van der Waals surface area contributed by atoms with Crippen molar-refractivity contribution in [2.75, 3.05) is 24.5 Å². The smallest absolute Gasteiger partial charge is 0.239 e. The van der Waals surface area contributed by atoms with Crippen LogP contribution in [0.25, 0.3) is 0 Å². The van der Waals surface area contributed by atoms with Crippen LogP contribution in [0.5, 0.6) is 0 Å². The van der Waals surface area contributed by atoms with Crippen molar-refractivity contribution in [2.24, 2.45) is 11.7 Å². The number of nitrogens with zero attached hydrogens (tertiary/aromatic N) is 2. The Labute approximate surface area is 147 Å². The van der Waals surface area contributed by atoms with Gasteiger partial charge in [-0.15, -0.1) is 12.4 Å². The molecule has 2 amide bonds. The third kappa shape index (κ3) is 3.47. The first-order valence-electron chi connectivity index (χ1n) is 7.69. The molecule has 5 nitrogen and oxygen atoms in total. The number of amides is 2. The van der Waals surface area contributed by atoms with Crippen LogP contribution in [0.1, 0.15) is 19.3 Å². The molecule has 2 saturated heterocycles. The summed E-state index contributed by atoms with van der Waals surface area (Å²) < 4.78 is 0. The number of hydrogen-bond acceptors (Lipinski definition) is 3. The summed E-state index contributed by atoms with van der Waals surface area (Å²) in [6.45, 7) is 1.73. The van der Waals surface area contributed by atoms with Gasteiger partial charge in [0.15, 0.2) is 0 Å². The third-order valence-electron chi connectivity index (χ3n) is 4.56. The highest BCUT2D eigenvalue weighted by Gasteiger charge is 2.42. The molecule has 126 valence electrons. The highest BCUT2D eigenvalue weighted by molar-refractivity contribution is 6.31. The summed E-state index contributed by atoms with van der Waals surface area (Å²) in [5.41, 5.74) is 6.48. The van der Waals surface area contributed by atoms with Gasteiger partial charge in [-0.25, -0.2) is 0 Å². The molecule has 1 aromatic carbocycles. The number of nitrogens with two attached hydrogens (primary N) is 1. The molecule has 2 N–H and O–H groups in total. The molecule has 0 bridgehead atoms. The van der Waals surface area contributed by atoms with E-state index < -0.39 is 5.92 Å². The van der Waals surface area contributed by atoms with Crippen LogP contribution < -0.4 is 10.6 Å². The van der Waals surface area contributed by atoms with Crippen LogP contribution in [0.4, 0.5) is 5.69 Å². The molecule has 2 unspecified atom stereocenters. The molecule has 2 aliphatic rings. The van der Waals surface area contributed by atoms with E-state index in [0.717, 1.165) is 18.5 Å². The molecule has 1 aromatic rings. The first kappa shape index (κ1) is 18.0. The van der Waals surface area contributed by atoms with Gasteiger partial charge in [0.1, 0.15) is 5.92 Å². The van der Waals surface area contributed by atoms with Crippen molar-refractivity contribution >= 4 is 41.5 Å². The van der Waals surface area contributed by atoms with E-state index in [4.69, 9.17) is 17.3 Å². The summed E-state index contributed by atoms with van der Waals surface area (Å²) >= 11 is 5.98. The van der Waals surface area contributed by atoms with Crippen LogP contribution in [0, 0.1) is 5.92 Å². The first-order valence-corrected chi connectivity index (χ1v) is 8.07. The average Bonchev–Trinajstić information content (AvgIpc) is 3.12. The normalized spacial score (nSPS) is 24.0. The van der Waals surface area contributed by atoms with Gasteiger partial charge in [-0.05, 0) is 37.5 Å². The van der Waals surface area contributed by atoms with E-state index >= 15 is 0 Å². The van der Waals surface area contributed by atoms with E-state index in [0.29, 0.717) is 31.1 Å². The van der Waals surface area contributed by atoms with Crippen LogP contribution in [0.15, 0.2) is 24.3 Å². The van der Waals surface area contributed by atoms with Gasteiger partial charge in [-0.3, -0.25) is 9.59 Å². The fraction of sp³-hybridized carbons (Fsp3) is 0.500. The maximum Gasteiger partial charge on any atom is 0.239 e. The topological polar surface area (TPSA) is 66.6 Å². The maximum absolute atomic E-state index is 12.7. The third-order valence-corrected chi connectivity index (χ3v) is 4.79. The minimum atomic E-state index is -0.578. The summed E-state index contributed by atoms with van der Waals surface area (Å²) in [6, 6.07) is 7.26. The van der Waals surface area contributed by atoms with Gasteiger partial charge in [0, 0.05) is 36.4 Å². The predicted octanol–water partition coefficient (Wildman–Crippen LogP) is 2.06. The Hall–Kier alpha value is -1.30. The fourth-order valence-electron chi connectivity index (χ4n) is 3.38. The molecule has 2 atom stereocenters. The Bertz CT molecular complexity index is 596. The lowest BCUT2D eigenvalue weighted by atomic mass is 10.1. The fourth-order valence-corrected chi connectivity index (χ4v) is 3.57. The Morgan fingerprint density at radius 2 is 2.09 bits per heavy atom. The number of rotatable bonds is 3.